The third-order valence-corrected chi connectivity index (χ3v) is 7.31. The molecule has 1 aromatic heterocycles. The summed E-state index contributed by atoms with van der Waals surface area (Å²) in [5.74, 6) is -0.744. The van der Waals surface area contributed by atoms with E-state index in [4.69, 9.17) is 4.74 Å². The van der Waals surface area contributed by atoms with Gasteiger partial charge in [-0.15, -0.1) is 0 Å². The van der Waals surface area contributed by atoms with Crippen molar-refractivity contribution in [3.63, 3.8) is 0 Å². The molecule has 2 heterocycles. The molecular weight excluding hydrogens is 420 g/mol. The molecule has 1 atom stereocenters. The van der Waals surface area contributed by atoms with Crippen molar-refractivity contribution in [3.8, 4) is 0 Å². The minimum atomic E-state index is -3.70. The number of carbonyl (C=O) groups excluding carboxylic acids is 2. The number of amides is 1. The normalized spacial score (nSPS) is 16.6. The molecule has 3 rings (SSSR count). The van der Waals surface area contributed by atoms with Crippen LogP contribution in [0.3, 0.4) is 0 Å². The fraction of sp³-hybridized carbons (Fsp3) is 0.476. The van der Waals surface area contributed by atoms with Crippen LogP contribution in [0.5, 0.6) is 0 Å². The number of nitrogens with one attached hydrogen (secondary N) is 1. The molecule has 1 aromatic carbocycles. The number of benzene rings is 1. The van der Waals surface area contributed by atoms with Crippen LogP contribution in [-0.4, -0.2) is 53.3 Å². The van der Waals surface area contributed by atoms with Crippen LogP contribution in [0.25, 0.3) is 0 Å². The molecule has 1 unspecified atom stereocenters. The number of hydrogen-bond acceptors (Lipinski definition) is 6. The predicted molar refractivity (Wildman–Crippen MR) is 115 cm³/mol. The number of aromatic nitrogens is 2. The molecule has 1 aliphatic rings. The van der Waals surface area contributed by atoms with Crippen molar-refractivity contribution in [1.82, 2.24) is 13.9 Å². The Bertz CT molecular complexity index is 1050. The summed E-state index contributed by atoms with van der Waals surface area (Å²) in [4.78, 5) is 29.0. The minimum absolute atomic E-state index is 0.00928. The van der Waals surface area contributed by atoms with Gasteiger partial charge in [0.15, 0.2) is 11.1 Å². The zero-order chi connectivity index (χ0) is 22.8. The van der Waals surface area contributed by atoms with Gasteiger partial charge in [0.1, 0.15) is 5.82 Å². The maximum atomic E-state index is 12.8. The fourth-order valence-electron chi connectivity index (χ4n) is 3.39. The lowest BCUT2D eigenvalue weighted by molar-refractivity contribution is -0.158. The highest BCUT2D eigenvalue weighted by Gasteiger charge is 2.35. The Morgan fingerprint density at radius 1 is 1.19 bits per heavy atom. The Morgan fingerprint density at radius 2 is 1.84 bits per heavy atom. The Balaban J connectivity index is 1.54. The average molecular weight is 449 g/mol. The highest BCUT2D eigenvalue weighted by atomic mass is 32.2. The van der Waals surface area contributed by atoms with Crippen molar-refractivity contribution < 1.29 is 22.7 Å². The molecule has 0 saturated carbocycles. The highest BCUT2D eigenvalue weighted by Crippen LogP contribution is 2.25. The van der Waals surface area contributed by atoms with Gasteiger partial charge in [-0.1, -0.05) is 18.2 Å². The van der Waals surface area contributed by atoms with Gasteiger partial charge in [0, 0.05) is 32.0 Å². The van der Waals surface area contributed by atoms with E-state index in [1.165, 1.54) is 17.4 Å². The van der Waals surface area contributed by atoms with Crippen LogP contribution in [-0.2, 0) is 31.4 Å². The molecule has 31 heavy (non-hydrogen) atoms. The van der Waals surface area contributed by atoms with E-state index in [0.717, 1.165) is 5.56 Å². The number of carbonyl (C=O) groups is 2. The third-order valence-electron chi connectivity index (χ3n) is 5.54. The van der Waals surface area contributed by atoms with E-state index in [-0.39, 0.29) is 18.1 Å². The first-order valence-electron chi connectivity index (χ1n) is 10.2. The van der Waals surface area contributed by atoms with Crippen molar-refractivity contribution in [2.75, 3.05) is 18.4 Å². The van der Waals surface area contributed by atoms with Crippen LogP contribution >= 0.6 is 0 Å². The van der Waals surface area contributed by atoms with Gasteiger partial charge >= 0.3 is 5.97 Å². The molecule has 0 aliphatic carbocycles. The van der Waals surface area contributed by atoms with Crippen molar-refractivity contribution in [3.05, 3.63) is 41.9 Å². The Labute approximate surface area is 182 Å². The van der Waals surface area contributed by atoms with Gasteiger partial charge in [0.05, 0.1) is 5.92 Å². The average Bonchev–Trinajstić information content (AvgIpc) is 3.09. The summed E-state index contributed by atoms with van der Waals surface area (Å²) in [6.45, 7) is 5.52. The summed E-state index contributed by atoms with van der Waals surface area (Å²) in [6.07, 6.45) is 1.19. The molecule has 168 valence electrons. The van der Waals surface area contributed by atoms with Crippen LogP contribution in [0.1, 0.15) is 31.2 Å². The molecule has 0 radical (unpaired) electrons. The standard InChI is InChI=1S/C21H28N4O5S/c1-14-7-5-6-8-18(14)23-20(26)15(2)30-21(27)17-9-11-25(12-10-17)31(28,29)19-13-24(4)16(3)22-19/h5-8,13,15,17H,9-12H2,1-4H3,(H,23,26). The number of aryl methyl sites for hydroxylation is 3. The molecule has 9 nitrogen and oxygen atoms in total. The van der Waals surface area contributed by atoms with Gasteiger partial charge in [-0.25, -0.2) is 13.4 Å². The summed E-state index contributed by atoms with van der Waals surface area (Å²) in [5.41, 5.74) is 1.57. The molecule has 10 heteroatoms. The first-order valence-corrected chi connectivity index (χ1v) is 11.6. The van der Waals surface area contributed by atoms with E-state index in [2.05, 4.69) is 10.3 Å². The largest absolute Gasteiger partial charge is 0.452 e. The van der Waals surface area contributed by atoms with Crippen molar-refractivity contribution in [2.45, 2.75) is 44.7 Å². The van der Waals surface area contributed by atoms with Gasteiger partial charge in [0.2, 0.25) is 0 Å². The van der Waals surface area contributed by atoms with Crippen LogP contribution in [0.4, 0.5) is 5.69 Å². The number of esters is 1. The Kier molecular flexibility index (Phi) is 6.80. The summed E-state index contributed by atoms with van der Waals surface area (Å²) in [5, 5.41) is 2.77. The zero-order valence-electron chi connectivity index (χ0n) is 18.2. The monoisotopic (exact) mass is 448 g/mol. The lowest BCUT2D eigenvalue weighted by atomic mass is 9.98. The van der Waals surface area contributed by atoms with Gasteiger partial charge in [-0.3, -0.25) is 9.59 Å². The lowest BCUT2D eigenvalue weighted by Gasteiger charge is -2.30. The SMILES string of the molecule is Cc1ccccc1NC(=O)C(C)OC(=O)C1CCN(S(=O)(=O)c2cn(C)c(C)n2)CC1. The molecule has 1 saturated heterocycles. The second-order valence-electron chi connectivity index (χ2n) is 7.80. The number of rotatable bonds is 6. The molecule has 1 fully saturated rings. The quantitative estimate of drug-likeness (QED) is 0.677. The number of anilines is 1. The molecule has 1 N–H and O–H groups in total. The van der Waals surface area contributed by atoms with Gasteiger partial charge in [-0.05, 0) is 45.2 Å². The third kappa shape index (κ3) is 5.13. The summed E-state index contributed by atoms with van der Waals surface area (Å²) < 4.78 is 33.9. The van der Waals surface area contributed by atoms with Crippen LogP contribution in [0.2, 0.25) is 0 Å². The number of ether oxygens (including phenoxy) is 1. The van der Waals surface area contributed by atoms with E-state index in [9.17, 15) is 18.0 Å². The van der Waals surface area contributed by atoms with E-state index in [1.807, 2.05) is 25.1 Å². The molecule has 2 aromatic rings. The first kappa shape index (κ1) is 23.0. The van der Waals surface area contributed by atoms with Crippen molar-refractivity contribution >= 4 is 27.6 Å². The van der Waals surface area contributed by atoms with Gasteiger partial charge in [0.25, 0.3) is 15.9 Å². The zero-order valence-corrected chi connectivity index (χ0v) is 19.0. The predicted octanol–water partition coefficient (Wildman–Crippen LogP) is 2.01. The van der Waals surface area contributed by atoms with Crippen LogP contribution in [0, 0.1) is 19.8 Å². The molecule has 0 bridgehead atoms. The number of sulfonamides is 1. The summed E-state index contributed by atoms with van der Waals surface area (Å²) in [6, 6.07) is 7.34. The fourth-order valence-corrected chi connectivity index (χ4v) is 4.88. The van der Waals surface area contributed by atoms with Crippen LogP contribution < -0.4 is 5.32 Å². The Hall–Kier alpha value is -2.72. The maximum Gasteiger partial charge on any atom is 0.309 e. The highest BCUT2D eigenvalue weighted by molar-refractivity contribution is 7.89. The van der Waals surface area contributed by atoms with E-state index < -0.39 is 33.9 Å². The van der Waals surface area contributed by atoms with Crippen LogP contribution in [0.15, 0.2) is 35.5 Å². The Morgan fingerprint density at radius 3 is 2.42 bits per heavy atom. The molecular formula is C21H28N4O5S. The number of para-hydroxylation sites is 1. The van der Waals surface area contributed by atoms with Crippen molar-refractivity contribution in [2.24, 2.45) is 13.0 Å². The summed E-state index contributed by atoms with van der Waals surface area (Å²) >= 11 is 0. The van der Waals surface area contributed by atoms with Gasteiger partial charge in [-0.2, -0.15) is 4.31 Å². The molecule has 0 spiro atoms. The lowest BCUT2D eigenvalue weighted by Crippen LogP contribution is -2.41. The maximum absolute atomic E-state index is 12.8. The second-order valence-corrected chi connectivity index (χ2v) is 9.68. The number of hydrogen-bond donors (Lipinski definition) is 1. The molecule has 1 amide bonds. The van der Waals surface area contributed by atoms with Gasteiger partial charge < -0.3 is 14.6 Å². The van der Waals surface area contributed by atoms with E-state index in [1.54, 1.807) is 24.6 Å². The number of piperidine rings is 1. The smallest absolute Gasteiger partial charge is 0.309 e. The topological polar surface area (TPSA) is 111 Å². The minimum Gasteiger partial charge on any atom is -0.452 e. The van der Waals surface area contributed by atoms with Crippen molar-refractivity contribution in [1.29, 1.82) is 0 Å². The first-order chi connectivity index (χ1) is 14.6. The second kappa shape index (κ2) is 9.19. The number of nitrogens with zero attached hydrogens (tertiary/aromatic N) is 3. The summed E-state index contributed by atoms with van der Waals surface area (Å²) in [7, 11) is -1.97. The molecule has 1 aliphatic heterocycles. The van der Waals surface area contributed by atoms with E-state index in [0.29, 0.717) is 24.4 Å². The van der Waals surface area contributed by atoms with E-state index >= 15 is 0 Å². The number of imidazole rings is 1.